The van der Waals surface area contributed by atoms with E-state index in [0.717, 1.165) is 25.7 Å². The number of aliphatic hydroxyl groups is 3. The van der Waals surface area contributed by atoms with Gasteiger partial charge in [0.25, 0.3) is 0 Å². The van der Waals surface area contributed by atoms with Gasteiger partial charge < -0.3 is 15.3 Å². The second kappa shape index (κ2) is 10.6. The minimum absolute atomic E-state index is 0.324. The second-order valence-corrected chi connectivity index (χ2v) is 7.14. The average Bonchev–Trinajstić information content (AvgIpc) is 2.28. The molecule has 0 fully saturated rings. The van der Waals surface area contributed by atoms with E-state index in [4.69, 9.17) is 5.11 Å². The number of aliphatic hydroxyl groups excluding tert-OH is 1. The van der Waals surface area contributed by atoms with Crippen LogP contribution in [0.2, 0.25) is 0 Å². The summed E-state index contributed by atoms with van der Waals surface area (Å²) in [5.41, 5.74) is -1.54. The van der Waals surface area contributed by atoms with Crippen LogP contribution in [-0.2, 0) is 0 Å². The van der Waals surface area contributed by atoms with Crippen LogP contribution in [0.5, 0.6) is 0 Å². The van der Waals surface area contributed by atoms with Gasteiger partial charge in [0.1, 0.15) is 0 Å². The Balaban J connectivity index is 3.39. The smallest absolute Gasteiger partial charge is 0.0646 e. The quantitative estimate of drug-likeness (QED) is 0.452. The Morgan fingerprint density at radius 3 is 1.45 bits per heavy atom. The third kappa shape index (κ3) is 14.3. The van der Waals surface area contributed by atoms with Crippen LogP contribution in [0.1, 0.15) is 91.4 Å². The summed E-state index contributed by atoms with van der Waals surface area (Å²) in [6.45, 7) is 5.65. The molecule has 0 spiro atoms. The molecule has 0 aliphatic rings. The summed E-state index contributed by atoms with van der Waals surface area (Å²) in [6, 6.07) is 0. The minimum atomic E-state index is -0.794. The molecule has 1 atom stereocenters. The summed E-state index contributed by atoms with van der Waals surface area (Å²) in [7, 11) is 0. The molecule has 0 saturated carbocycles. The number of hydrogen-bond donors (Lipinski definition) is 3. The van der Waals surface area contributed by atoms with Gasteiger partial charge in [-0.25, -0.2) is 0 Å². The van der Waals surface area contributed by atoms with E-state index in [0.29, 0.717) is 13.0 Å². The summed E-state index contributed by atoms with van der Waals surface area (Å²) < 4.78 is 0. The Kier molecular flexibility index (Phi) is 10.5. The zero-order chi connectivity index (χ0) is 15.5. The van der Waals surface area contributed by atoms with Gasteiger partial charge in [-0.1, -0.05) is 51.4 Å². The Bertz CT molecular complexity index is 219. The molecule has 0 rings (SSSR count). The highest BCUT2D eigenvalue weighted by Gasteiger charge is 2.28. The standard InChI is InChI=1S/C17H36O3/c1-16(2,19)15-17(3,20)13-11-9-7-5-4-6-8-10-12-14-18/h18-20H,4-15H2,1-3H3. The zero-order valence-electron chi connectivity index (χ0n) is 13.8. The second-order valence-electron chi connectivity index (χ2n) is 7.14. The van der Waals surface area contributed by atoms with Crippen molar-refractivity contribution in [3.8, 4) is 0 Å². The van der Waals surface area contributed by atoms with Gasteiger partial charge in [-0.3, -0.25) is 0 Å². The summed E-state index contributed by atoms with van der Waals surface area (Å²) in [6.07, 6.45) is 11.8. The van der Waals surface area contributed by atoms with Crippen molar-refractivity contribution in [3.05, 3.63) is 0 Å². The monoisotopic (exact) mass is 288 g/mol. The fraction of sp³-hybridized carbons (Fsp3) is 1.00. The molecule has 0 heterocycles. The first-order valence-corrected chi connectivity index (χ1v) is 8.32. The van der Waals surface area contributed by atoms with Crippen molar-refractivity contribution in [1.29, 1.82) is 0 Å². The largest absolute Gasteiger partial charge is 0.396 e. The van der Waals surface area contributed by atoms with E-state index in [2.05, 4.69) is 0 Å². The van der Waals surface area contributed by atoms with Crippen molar-refractivity contribution >= 4 is 0 Å². The molecule has 3 N–H and O–H groups in total. The number of rotatable bonds is 13. The third-order valence-corrected chi connectivity index (χ3v) is 3.69. The molecular formula is C17H36O3. The molecule has 0 aromatic rings. The summed E-state index contributed by atoms with van der Waals surface area (Å²) in [5.74, 6) is 0. The van der Waals surface area contributed by atoms with Gasteiger partial charge in [0.15, 0.2) is 0 Å². The van der Waals surface area contributed by atoms with Gasteiger partial charge in [-0.05, 0) is 33.6 Å². The molecular weight excluding hydrogens is 252 g/mol. The first-order chi connectivity index (χ1) is 9.27. The predicted octanol–water partition coefficient (Wildman–Crippen LogP) is 3.79. The van der Waals surface area contributed by atoms with Crippen LogP contribution in [0.15, 0.2) is 0 Å². The van der Waals surface area contributed by atoms with Crippen LogP contribution < -0.4 is 0 Å². The molecule has 1 unspecified atom stereocenters. The summed E-state index contributed by atoms with van der Waals surface area (Å²) >= 11 is 0. The summed E-state index contributed by atoms with van der Waals surface area (Å²) in [5, 5.41) is 28.6. The Labute approximate surface area is 125 Å². The van der Waals surface area contributed by atoms with Crippen molar-refractivity contribution < 1.29 is 15.3 Å². The highest BCUT2D eigenvalue weighted by molar-refractivity contribution is 4.81. The average molecular weight is 288 g/mol. The molecule has 3 heteroatoms. The van der Waals surface area contributed by atoms with Gasteiger partial charge in [-0.2, -0.15) is 0 Å². The Morgan fingerprint density at radius 1 is 0.650 bits per heavy atom. The van der Waals surface area contributed by atoms with Crippen molar-refractivity contribution in [2.75, 3.05) is 6.61 Å². The topological polar surface area (TPSA) is 60.7 Å². The third-order valence-electron chi connectivity index (χ3n) is 3.69. The molecule has 0 aliphatic carbocycles. The molecule has 3 nitrogen and oxygen atoms in total. The molecule has 20 heavy (non-hydrogen) atoms. The van der Waals surface area contributed by atoms with Gasteiger partial charge in [0.05, 0.1) is 11.2 Å². The van der Waals surface area contributed by atoms with E-state index in [1.165, 1.54) is 38.5 Å². The van der Waals surface area contributed by atoms with Crippen LogP contribution in [0, 0.1) is 0 Å². The first kappa shape index (κ1) is 19.9. The van der Waals surface area contributed by atoms with E-state index < -0.39 is 11.2 Å². The maximum atomic E-state index is 10.2. The highest BCUT2D eigenvalue weighted by Crippen LogP contribution is 2.25. The summed E-state index contributed by atoms with van der Waals surface area (Å²) in [4.78, 5) is 0. The van der Waals surface area contributed by atoms with E-state index in [1.807, 2.05) is 6.92 Å². The van der Waals surface area contributed by atoms with E-state index in [9.17, 15) is 10.2 Å². The van der Waals surface area contributed by atoms with E-state index >= 15 is 0 Å². The molecule has 0 aromatic heterocycles. The lowest BCUT2D eigenvalue weighted by atomic mass is 9.87. The predicted molar refractivity (Wildman–Crippen MR) is 84.8 cm³/mol. The highest BCUT2D eigenvalue weighted by atomic mass is 16.3. The lowest BCUT2D eigenvalue weighted by Gasteiger charge is -2.30. The minimum Gasteiger partial charge on any atom is -0.396 e. The zero-order valence-corrected chi connectivity index (χ0v) is 13.8. The lowest BCUT2D eigenvalue weighted by Crippen LogP contribution is -2.35. The van der Waals surface area contributed by atoms with Gasteiger partial charge in [0, 0.05) is 13.0 Å². The van der Waals surface area contributed by atoms with Crippen LogP contribution in [0.4, 0.5) is 0 Å². The molecule has 0 radical (unpaired) electrons. The Hall–Kier alpha value is -0.120. The SMILES string of the molecule is CC(C)(O)CC(C)(O)CCCCCCCCCCCO. The van der Waals surface area contributed by atoms with Gasteiger partial charge in [0.2, 0.25) is 0 Å². The molecule has 0 bridgehead atoms. The molecule has 0 amide bonds. The molecule has 0 saturated heterocycles. The van der Waals surface area contributed by atoms with Crippen molar-refractivity contribution in [1.82, 2.24) is 0 Å². The van der Waals surface area contributed by atoms with Crippen LogP contribution >= 0.6 is 0 Å². The molecule has 122 valence electrons. The van der Waals surface area contributed by atoms with Crippen molar-refractivity contribution in [3.63, 3.8) is 0 Å². The first-order valence-electron chi connectivity index (χ1n) is 8.32. The maximum Gasteiger partial charge on any atom is 0.0646 e. The number of unbranched alkanes of at least 4 members (excludes halogenated alkanes) is 8. The molecule has 0 aromatic carbocycles. The fourth-order valence-corrected chi connectivity index (χ4v) is 2.88. The Morgan fingerprint density at radius 2 is 1.05 bits per heavy atom. The van der Waals surface area contributed by atoms with E-state index in [1.54, 1.807) is 13.8 Å². The maximum absolute atomic E-state index is 10.2. The fourth-order valence-electron chi connectivity index (χ4n) is 2.88. The number of hydrogen-bond acceptors (Lipinski definition) is 3. The van der Waals surface area contributed by atoms with Crippen LogP contribution in [-0.4, -0.2) is 33.1 Å². The van der Waals surface area contributed by atoms with Crippen LogP contribution in [0.25, 0.3) is 0 Å². The van der Waals surface area contributed by atoms with Crippen molar-refractivity contribution in [2.24, 2.45) is 0 Å². The van der Waals surface area contributed by atoms with Gasteiger partial charge in [-0.15, -0.1) is 0 Å². The molecule has 0 aliphatic heterocycles. The lowest BCUT2D eigenvalue weighted by molar-refractivity contribution is -0.0409. The normalized spacial score (nSPS) is 15.3. The van der Waals surface area contributed by atoms with Gasteiger partial charge >= 0.3 is 0 Å². The van der Waals surface area contributed by atoms with E-state index in [-0.39, 0.29) is 0 Å². The van der Waals surface area contributed by atoms with Crippen LogP contribution in [0.3, 0.4) is 0 Å². The van der Waals surface area contributed by atoms with Crippen molar-refractivity contribution in [2.45, 2.75) is 103 Å².